The molecule has 8 nitrogen and oxygen atoms in total. The van der Waals surface area contributed by atoms with E-state index in [2.05, 4.69) is 28.7 Å². The normalized spacial score (nSPS) is 12.9. The monoisotopic (exact) mass is 565 g/mol. The topological polar surface area (TPSA) is 97.8 Å². The number of nitrogens with zero attached hydrogens (tertiary/aromatic N) is 2. The lowest BCUT2D eigenvalue weighted by Gasteiger charge is -2.30. The van der Waals surface area contributed by atoms with Gasteiger partial charge in [0.2, 0.25) is 0 Å². The summed E-state index contributed by atoms with van der Waals surface area (Å²) in [5.74, 6) is 5.29. The van der Waals surface area contributed by atoms with Gasteiger partial charge in [-0.05, 0) is 51.5 Å². The number of aromatic nitrogens is 1. The zero-order chi connectivity index (χ0) is 29.9. The Bertz CT molecular complexity index is 1270. The smallest absolute Gasteiger partial charge is 0.411 e. The van der Waals surface area contributed by atoms with Crippen molar-refractivity contribution in [2.24, 2.45) is 5.92 Å². The fourth-order valence-corrected chi connectivity index (χ4v) is 4.26. The highest BCUT2D eigenvalue weighted by atomic mass is 32.1. The second-order valence-corrected chi connectivity index (χ2v) is 11.5. The van der Waals surface area contributed by atoms with Crippen molar-refractivity contribution in [1.29, 1.82) is 0 Å². The van der Waals surface area contributed by atoms with Gasteiger partial charge in [-0.2, -0.15) is 0 Å². The first-order valence-electron chi connectivity index (χ1n) is 13.0. The number of thiazole rings is 1. The van der Waals surface area contributed by atoms with E-state index in [4.69, 9.17) is 9.47 Å². The molecular weight excluding hydrogens is 526 g/mol. The van der Waals surface area contributed by atoms with Gasteiger partial charge in [-0.3, -0.25) is 9.69 Å². The average molecular weight is 566 g/mol. The van der Waals surface area contributed by atoms with E-state index < -0.39 is 29.7 Å². The molecule has 0 saturated carbocycles. The third kappa shape index (κ3) is 10.7. The van der Waals surface area contributed by atoms with Gasteiger partial charge in [0, 0.05) is 18.0 Å². The van der Waals surface area contributed by atoms with Crippen LogP contribution in [0.3, 0.4) is 0 Å². The maximum Gasteiger partial charge on any atom is 0.411 e. The van der Waals surface area contributed by atoms with Crippen molar-refractivity contribution in [1.82, 2.24) is 15.2 Å². The zero-order valence-corrected chi connectivity index (χ0v) is 25.1. The largest absolute Gasteiger partial charge is 0.458 e. The minimum Gasteiger partial charge on any atom is -0.458 e. The van der Waals surface area contributed by atoms with Gasteiger partial charge in [-0.25, -0.2) is 14.6 Å². The van der Waals surface area contributed by atoms with Crippen LogP contribution < -0.4 is 5.32 Å². The Kier molecular flexibility index (Phi) is 12.1. The average Bonchev–Trinajstić information content (AvgIpc) is 3.35. The molecule has 2 atom stereocenters. The number of hydrogen-bond donors (Lipinski definition) is 1. The predicted molar refractivity (Wildman–Crippen MR) is 158 cm³/mol. The molecule has 0 aliphatic heterocycles. The van der Waals surface area contributed by atoms with Crippen LogP contribution in [0.5, 0.6) is 0 Å². The molecule has 2 amide bonds. The Balaban J connectivity index is 2.20. The first kappa shape index (κ1) is 32.3. The van der Waals surface area contributed by atoms with Gasteiger partial charge in [0.1, 0.15) is 17.9 Å². The van der Waals surface area contributed by atoms with E-state index in [1.54, 1.807) is 25.4 Å². The van der Waals surface area contributed by atoms with Gasteiger partial charge in [0.25, 0.3) is 5.91 Å². The van der Waals surface area contributed by atoms with Crippen molar-refractivity contribution in [3.05, 3.63) is 76.3 Å². The van der Waals surface area contributed by atoms with Gasteiger partial charge in [-0.15, -0.1) is 11.3 Å². The molecule has 0 fully saturated rings. The lowest BCUT2D eigenvalue weighted by Crippen LogP contribution is -2.42. The molecule has 1 aromatic heterocycles. The molecule has 1 aromatic carbocycles. The van der Waals surface area contributed by atoms with Crippen LogP contribution >= 0.6 is 11.3 Å². The standard InChI is InChI=1S/C31H39N3O5S/c1-9-17-38-29(36)22(4)18-24(19-23-13-11-10-12-14-23)32-28(35)25-20-40-27(33-25)16-15-26(21(2)3)34(8)30(37)39-31(5,6)7/h9-14,18,20-21,24,26H,1,17,19H2,2-8H3,(H,32,35)/b22-18+/t24-,26-/m1/s1. The fourth-order valence-electron chi connectivity index (χ4n) is 3.61. The molecule has 214 valence electrons. The Morgan fingerprint density at radius 3 is 2.48 bits per heavy atom. The highest BCUT2D eigenvalue weighted by Gasteiger charge is 2.26. The summed E-state index contributed by atoms with van der Waals surface area (Å²) < 4.78 is 10.6. The fraction of sp³-hybridized carbons (Fsp3) is 0.419. The Hall–Kier alpha value is -3.90. The van der Waals surface area contributed by atoms with Crippen molar-refractivity contribution in [3.8, 4) is 11.8 Å². The Labute approximate surface area is 241 Å². The lowest BCUT2D eigenvalue weighted by molar-refractivity contribution is -0.137. The number of nitrogens with one attached hydrogen (secondary N) is 1. The molecule has 1 N–H and O–H groups in total. The quantitative estimate of drug-likeness (QED) is 0.179. The van der Waals surface area contributed by atoms with E-state index in [0.717, 1.165) is 5.56 Å². The maximum atomic E-state index is 13.1. The molecule has 0 unspecified atom stereocenters. The lowest BCUT2D eigenvalue weighted by atomic mass is 10.0. The summed E-state index contributed by atoms with van der Waals surface area (Å²) in [5.41, 5.74) is 0.974. The predicted octanol–water partition coefficient (Wildman–Crippen LogP) is 5.40. The van der Waals surface area contributed by atoms with Crippen LogP contribution in [0.25, 0.3) is 0 Å². The SMILES string of the molecule is C=CCOC(=O)/C(C)=C/[C@H](Cc1ccccc1)NC(=O)c1csc(C#C[C@H](C(C)C)N(C)C(=O)OC(C)(C)C)n1. The summed E-state index contributed by atoms with van der Waals surface area (Å²) in [5, 5.41) is 5.04. The minimum absolute atomic E-state index is 0.0414. The number of esters is 1. The van der Waals surface area contributed by atoms with Gasteiger partial charge in [-0.1, -0.05) is 68.8 Å². The summed E-state index contributed by atoms with van der Waals surface area (Å²) >= 11 is 1.24. The van der Waals surface area contributed by atoms with Crippen molar-refractivity contribution in [3.63, 3.8) is 0 Å². The molecule has 0 aliphatic carbocycles. The van der Waals surface area contributed by atoms with Crippen molar-refractivity contribution in [2.75, 3.05) is 13.7 Å². The maximum absolute atomic E-state index is 13.1. The van der Waals surface area contributed by atoms with Crippen molar-refractivity contribution < 1.29 is 23.9 Å². The number of carbonyl (C=O) groups is 3. The van der Waals surface area contributed by atoms with E-state index in [1.165, 1.54) is 22.3 Å². The van der Waals surface area contributed by atoms with E-state index in [9.17, 15) is 14.4 Å². The molecule has 40 heavy (non-hydrogen) atoms. The molecule has 9 heteroatoms. The molecule has 0 radical (unpaired) electrons. The summed E-state index contributed by atoms with van der Waals surface area (Å²) in [6.45, 7) is 14.7. The number of carbonyl (C=O) groups excluding carboxylic acids is 3. The van der Waals surface area contributed by atoms with Crippen LogP contribution in [-0.4, -0.2) is 59.2 Å². The molecule has 0 spiro atoms. The van der Waals surface area contributed by atoms with Crippen molar-refractivity contribution in [2.45, 2.75) is 65.6 Å². The molecule has 0 saturated heterocycles. The second-order valence-electron chi connectivity index (χ2n) is 10.6. The van der Waals surface area contributed by atoms with Crippen LogP contribution in [0.4, 0.5) is 4.79 Å². The van der Waals surface area contributed by atoms with Crippen LogP contribution in [0, 0.1) is 17.8 Å². The van der Waals surface area contributed by atoms with Gasteiger partial charge in [0.15, 0.2) is 5.01 Å². The minimum atomic E-state index is -0.615. The first-order valence-corrected chi connectivity index (χ1v) is 13.9. The third-order valence-electron chi connectivity index (χ3n) is 5.51. The van der Waals surface area contributed by atoms with Crippen LogP contribution in [0.15, 0.2) is 60.0 Å². The van der Waals surface area contributed by atoms with Crippen LogP contribution in [0.1, 0.15) is 62.6 Å². The molecule has 0 bridgehead atoms. The number of ether oxygens (including phenoxy) is 2. The van der Waals surface area contributed by atoms with Crippen molar-refractivity contribution >= 4 is 29.3 Å². The summed E-state index contributed by atoms with van der Waals surface area (Å²) in [7, 11) is 1.66. The van der Waals surface area contributed by atoms with Crippen LogP contribution in [0.2, 0.25) is 0 Å². The highest BCUT2D eigenvalue weighted by molar-refractivity contribution is 7.10. The highest BCUT2D eigenvalue weighted by Crippen LogP contribution is 2.16. The summed E-state index contributed by atoms with van der Waals surface area (Å²) in [6.07, 6.45) is 3.20. The molecule has 1 heterocycles. The molecule has 2 rings (SSSR count). The second kappa shape index (κ2) is 15.0. The Morgan fingerprint density at radius 1 is 1.20 bits per heavy atom. The van der Waals surface area contributed by atoms with Gasteiger partial charge in [0.05, 0.1) is 12.1 Å². The van der Waals surface area contributed by atoms with E-state index in [-0.39, 0.29) is 24.1 Å². The molecule has 0 aliphatic rings. The number of amides is 2. The molecule has 2 aromatic rings. The number of benzene rings is 1. The van der Waals surface area contributed by atoms with Crippen LogP contribution in [-0.2, 0) is 20.7 Å². The van der Waals surface area contributed by atoms with Gasteiger partial charge >= 0.3 is 12.1 Å². The summed E-state index contributed by atoms with van der Waals surface area (Å²) in [6, 6.07) is 8.77. The Morgan fingerprint density at radius 2 is 1.88 bits per heavy atom. The first-order chi connectivity index (χ1) is 18.8. The zero-order valence-electron chi connectivity index (χ0n) is 24.3. The third-order valence-corrected chi connectivity index (χ3v) is 6.27. The van der Waals surface area contributed by atoms with E-state index >= 15 is 0 Å². The van der Waals surface area contributed by atoms with Gasteiger partial charge < -0.3 is 14.8 Å². The summed E-state index contributed by atoms with van der Waals surface area (Å²) in [4.78, 5) is 43.8. The number of rotatable bonds is 10. The van der Waals surface area contributed by atoms with E-state index in [1.807, 2.05) is 65.0 Å². The van der Waals surface area contributed by atoms with E-state index in [0.29, 0.717) is 17.0 Å². The molecular formula is C31H39N3O5S. The number of hydrogen-bond acceptors (Lipinski definition) is 7.